The first-order valence-electron chi connectivity index (χ1n) is 6.72. The molecular weight excluding hydrogens is 275 g/mol. The molecule has 1 aliphatic rings. The molecule has 0 bridgehead atoms. The summed E-state index contributed by atoms with van der Waals surface area (Å²) in [5.74, 6) is -1.73. The third kappa shape index (κ3) is 2.37. The monoisotopic (exact) mass is 290 g/mol. The second-order valence-corrected chi connectivity index (χ2v) is 5.53. The highest BCUT2D eigenvalue weighted by atomic mass is 19.1. The SMILES string of the molecule is Cc1[nH]c2ccc(F)cc2c1CC(=O)NC1(C(=O)O)CC1. The highest BCUT2D eigenvalue weighted by Crippen LogP contribution is 2.35. The number of aliphatic carboxylic acids is 1. The van der Waals surface area contributed by atoms with Crippen LogP contribution >= 0.6 is 0 Å². The van der Waals surface area contributed by atoms with Crippen molar-refractivity contribution < 1.29 is 19.1 Å². The van der Waals surface area contributed by atoms with Gasteiger partial charge in [0, 0.05) is 16.6 Å². The standard InChI is InChI=1S/C15H15FN2O3/c1-8-10(11-6-9(16)2-3-12(11)17-8)7-13(19)18-15(4-5-15)14(20)21/h2-3,6,17H,4-5,7H2,1H3,(H,18,19)(H,20,21). The number of aryl methyl sites for hydroxylation is 1. The Morgan fingerprint density at radius 1 is 1.43 bits per heavy atom. The number of halogens is 1. The summed E-state index contributed by atoms with van der Waals surface area (Å²) in [6, 6.07) is 4.36. The molecule has 1 aromatic carbocycles. The van der Waals surface area contributed by atoms with Crippen LogP contribution in [0.2, 0.25) is 0 Å². The Bertz CT molecular complexity index is 747. The summed E-state index contributed by atoms with van der Waals surface area (Å²) in [4.78, 5) is 26.2. The van der Waals surface area contributed by atoms with Crippen molar-refractivity contribution >= 4 is 22.8 Å². The predicted octanol–water partition coefficient (Wildman–Crippen LogP) is 1.89. The Morgan fingerprint density at radius 3 is 2.76 bits per heavy atom. The molecule has 2 aromatic rings. The number of carboxylic acid groups (broad SMARTS) is 1. The molecular formula is C15H15FN2O3. The van der Waals surface area contributed by atoms with E-state index in [2.05, 4.69) is 10.3 Å². The van der Waals surface area contributed by atoms with Gasteiger partial charge in [-0.3, -0.25) is 4.79 Å². The number of amides is 1. The van der Waals surface area contributed by atoms with Crippen LogP contribution in [0.25, 0.3) is 10.9 Å². The lowest BCUT2D eigenvalue weighted by Gasteiger charge is -2.12. The van der Waals surface area contributed by atoms with Gasteiger partial charge in [-0.05, 0) is 43.5 Å². The third-order valence-corrected chi connectivity index (χ3v) is 3.96. The van der Waals surface area contributed by atoms with Crippen molar-refractivity contribution in [2.75, 3.05) is 0 Å². The van der Waals surface area contributed by atoms with E-state index in [1.807, 2.05) is 6.92 Å². The van der Waals surface area contributed by atoms with Gasteiger partial charge in [-0.2, -0.15) is 0 Å². The van der Waals surface area contributed by atoms with Crippen LogP contribution in [0.5, 0.6) is 0 Å². The Balaban J connectivity index is 1.85. The number of H-pyrrole nitrogens is 1. The van der Waals surface area contributed by atoms with E-state index in [0.717, 1.165) is 11.2 Å². The van der Waals surface area contributed by atoms with Gasteiger partial charge in [0.2, 0.25) is 5.91 Å². The molecule has 1 aliphatic carbocycles. The van der Waals surface area contributed by atoms with Crippen molar-refractivity contribution in [2.45, 2.75) is 31.7 Å². The fraction of sp³-hybridized carbons (Fsp3) is 0.333. The Morgan fingerprint density at radius 2 is 2.14 bits per heavy atom. The number of nitrogens with one attached hydrogen (secondary N) is 2. The van der Waals surface area contributed by atoms with Crippen LogP contribution in [-0.4, -0.2) is 27.5 Å². The largest absolute Gasteiger partial charge is 0.480 e. The summed E-state index contributed by atoms with van der Waals surface area (Å²) >= 11 is 0. The molecule has 0 unspecified atom stereocenters. The van der Waals surface area contributed by atoms with Crippen LogP contribution in [-0.2, 0) is 16.0 Å². The van der Waals surface area contributed by atoms with E-state index >= 15 is 0 Å². The van der Waals surface area contributed by atoms with Crippen LogP contribution in [0, 0.1) is 12.7 Å². The minimum atomic E-state index is -1.09. The number of hydrogen-bond acceptors (Lipinski definition) is 2. The summed E-state index contributed by atoms with van der Waals surface area (Å²) < 4.78 is 13.4. The molecule has 3 N–H and O–H groups in total. The molecule has 1 fully saturated rings. The lowest BCUT2D eigenvalue weighted by molar-refractivity contribution is -0.143. The minimum Gasteiger partial charge on any atom is -0.480 e. The van der Waals surface area contributed by atoms with E-state index in [0.29, 0.717) is 23.8 Å². The highest BCUT2D eigenvalue weighted by molar-refractivity contribution is 5.93. The third-order valence-electron chi connectivity index (χ3n) is 3.96. The van der Waals surface area contributed by atoms with E-state index in [9.17, 15) is 14.0 Å². The lowest BCUT2D eigenvalue weighted by Crippen LogP contribution is -2.43. The fourth-order valence-electron chi connectivity index (χ4n) is 2.57. The molecule has 0 aliphatic heterocycles. The fourth-order valence-corrected chi connectivity index (χ4v) is 2.57. The van der Waals surface area contributed by atoms with E-state index < -0.39 is 11.5 Å². The van der Waals surface area contributed by atoms with Crippen molar-refractivity contribution in [2.24, 2.45) is 0 Å². The van der Waals surface area contributed by atoms with Crippen LogP contribution in [0.1, 0.15) is 24.1 Å². The number of carbonyl (C=O) groups excluding carboxylic acids is 1. The average molecular weight is 290 g/mol. The van der Waals surface area contributed by atoms with Gasteiger partial charge in [0.25, 0.3) is 0 Å². The smallest absolute Gasteiger partial charge is 0.329 e. The van der Waals surface area contributed by atoms with Gasteiger partial charge in [0.05, 0.1) is 6.42 Å². The molecule has 0 saturated heterocycles. The van der Waals surface area contributed by atoms with Gasteiger partial charge in [-0.1, -0.05) is 0 Å². The number of fused-ring (bicyclic) bond motifs is 1. The van der Waals surface area contributed by atoms with Crippen LogP contribution in [0.4, 0.5) is 4.39 Å². The van der Waals surface area contributed by atoms with Crippen molar-refractivity contribution in [1.29, 1.82) is 0 Å². The molecule has 1 amide bonds. The van der Waals surface area contributed by atoms with Crippen molar-refractivity contribution in [3.63, 3.8) is 0 Å². The van der Waals surface area contributed by atoms with Gasteiger partial charge in [-0.15, -0.1) is 0 Å². The summed E-state index contributed by atoms with van der Waals surface area (Å²) in [7, 11) is 0. The van der Waals surface area contributed by atoms with Crippen molar-refractivity contribution in [3.05, 3.63) is 35.3 Å². The minimum absolute atomic E-state index is 0.0321. The van der Waals surface area contributed by atoms with E-state index in [1.54, 1.807) is 6.07 Å². The number of aromatic amines is 1. The number of rotatable bonds is 4. The zero-order chi connectivity index (χ0) is 15.2. The maximum Gasteiger partial charge on any atom is 0.329 e. The topological polar surface area (TPSA) is 82.2 Å². The average Bonchev–Trinajstić information content (AvgIpc) is 3.13. The van der Waals surface area contributed by atoms with E-state index in [1.165, 1.54) is 12.1 Å². The Labute approximate surface area is 120 Å². The van der Waals surface area contributed by atoms with Crippen molar-refractivity contribution in [1.82, 2.24) is 10.3 Å². The quantitative estimate of drug-likeness (QED) is 0.804. The summed E-state index contributed by atoms with van der Waals surface area (Å²) in [6.45, 7) is 1.81. The number of hydrogen-bond donors (Lipinski definition) is 3. The second-order valence-electron chi connectivity index (χ2n) is 5.53. The van der Waals surface area contributed by atoms with E-state index in [-0.39, 0.29) is 18.1 Å². The molecule has 1 heterocycles. The first-order valence-corrected chi connectivity index (χ1v) is 6.72. The van der Waals surface area contributed by atoms with Crippen molar-refractivity contribution in [3.8, 4) is 0 Å². The number of benzene rings is 1. The molecule has 0 spiro atoms. The maximum absolute atomic E-state index is 13.4. The molecule has 0 atom stereocenters. The van der Waals surface area contributed by atoms with Gasteiger partial charge in [0.1, 0.15) is 11.4 Å². The Kier molecular flexibility index (Phi) is 2.97. The summed E-state index contributed by atoms with van der Waals surface area (Å²) in [5.41, 5.74) is 1.15. The van der Waals surface area contributed by atoms with Crippen LogP contribution in [0.3, 0.4) is 0 Å². The van der Waals surface area contributed by atoms with Crippen LogP contribution < -0.4 is 5.32 Å². The summed E-state index contributed by atoms with van der Waals surface area (Å²) in [5, 5.41) is 12.3. The molecule has 6 heteroatoms. The maximum atomic E-state index is 13.4. The normalized spacial score (nSPS) is 15.9. The zero-order valence-corrected chi connectivity index (χ0v) is 11.5. The Hall–Kier alpha value is -2.37. The number of aromatic nitrogens is 1. The van der Waals surface area contributed by atoms with Gasteiger partial charge >= 0.3 is 5.97 Å². The highest BCUT2D eigenvalue weighted by Gasteiger charge is 2.51. The number of carbonyl (C=O) groups is 2. The molecule has 1 aromatic heterocycles. The molecule has 5 nitrogen and oxygen atoms in total. The molecule has 1 saturated carbocycles. The van der Waals surface area contributed by atoms with Gasteiger partial charge in [0.15, 0.2) is 0 Å². The molecule has 21 heavy (non-hydrogen) atoms. The van der Waals surface area contributed by atoms with Gasteiger partial charge in [-0.25, -0.2) is 9.18 Å². The molecule has 0 radical (unpaired) electrons. The first kappa shape index (κ1) is 13.6. The molecule has 3 rings (SSSR count). The van der Waals surface area contributed by atoms with Crippen LogP contribution in [0.15, 0.2) is 18.2 Å². The van der Waals surface area contributed by atoms with E-state index in [4.69, 9.17) is 5.11 Å². The predicted molar refractivity (Wildman–Crippen MR) is 74.4 cm³/mol. The molecule has 110 valence electrons. The first-order chi connectivity index (χ1) is 9.91. The zero-order valence-electron chi connectivity index (χ0n) is 11.5. The van der Waals surface area contributed by atoms with Gasteiger partial charge < -0.3 is 15.4 Å². The number of carboxylic acids is 1. The second kappa shape index (κ2) is 4.58. The lowest BCUT2D eigenvalue weighted by atomic mass is 10.1. The summed E-state index contributed by atoms with van der Waals surface area (Å²) in [6.07, 6.45) is 0.940.